The van der Waals surface area contributed by atoms with E-state index in [1.54, 1.807) is 6.33 Å². The zero-order valence-electron chi connectivity index (χ0n) is 9.98. The molecule has 16 heavy (non-hydrogen) atoms. The first kappa shape index (κ1) is 11.3. The van der Waals surface area contributed by atoms with Crippen LogP contribution in [0.15, 0.2) is 6.33 Å². The van der Waals surface area contributed by atoms with Gasteiger partial charge in [-0.2, -0.15) is 0 Å². The lowest BCUT2D eigenvalue weighted by molar-refractivity contribution is 0.187. The summed E-state index contributed by atoms with van der Waals surface area (Å²) in [6.45, 7) is 2.65. The van der Waals surface area contributed by atoms with Gasteiger partial charge in [0.1, 0.15) is 12.1 Å². The van der Waals surface area contributed by atoms with Gasteiger partial charge in [0.2, 0.25) is 0 Å². The van der Waals surface area contributed by atoms with Crippen molar-refractivity contribution >= 4 is 5.82 Å². The molecule has 1 aromatic rings. The van der Waals surface area contributed by atoms with Crippen LogP contribution in [0, 0.1) is 0 Å². The second-order valence-corrected chi connectivity index (χ2v) is 4.54. The predicted molar refractivity (Wildman–Crippen MR) is 63.6 cm³/mol. The molecule has 1 aromatic heterocycles. The third-order valence-corrected chi connectivity index (χ3v) is 3.10. The van der Waals surface area contributed by atoms with Crippen LogP contribution in [0.4, 0.5) is 5.82 Å². The molecule has 1 unspecified atom stereocenters. The maximum atomic E-state index is 9.28. The summed E-state index contributed by atoms with van der Waals surface area (Å²) in [6.07, 6.45) is 5.52. The van der Waals surface area contributed by atoms with E-state index in [0.717, 1.165) is 31.6 Å². The summed E-state index contributed by atoms with van der Waals surface area (Å²) in [4.78, 5) is 10.8. The smallest absolute Gasteiger partial charge is 0.135 e. The van der Waals surface area contributed by atoms with Crippen molar-refractivity contribution in [2.75, 3.05) is 18.5 Å². The fourth-order valence-corrected chi connectivity index (χ4v) is 2.16. The number of hydrogen-bond donors (Lipinski definition) is 1. The van der Waals surface area contributed by atoms with Gasteiger partial charge in [-0.15, -0.1) is 0 Å². The quantitative estimate of drug-likeness (QED) is 0.829. The van der Waals surface area contributed by atoms with Crippen molar-refractivity contribution < 1.29 is 5.11 Å². The first-order valence-corrected chi connectivity index (χ1v) is 5.90. The average molecular weight is 221 g/mol. The number of aliphatic hydroxyl groups excluding tert-OH is 1. The van der Waals surface area contributed by atoms with Gasteiger partial charge in [-0.3, -0.25) is 0 Å². The molecule has 4 nitrogen and oxygen atoms in total. The number of rotatable bonds is 4. The largest absolute Gasteiger partial charge is 0.393 e. The molecule has 0 aliphatic heterocycles. The molecule has 0 spiro atoms. The summed E-state index contributed by atoms with van der Waals surface area (Å²) >= 11 is 0. The molecule has 1 aliphatic carbocycles. The van der Waals surface area contributed by atoms with Crippen molar-refractivity contribution in [3.8, 4) is 0 Å². The minimum Gasteiger partial charge on any atom is -0.393 e. The normalized spacial score (nSPS) is 15.9. The molecular weight excluding hydrogens is 202 g/mol. The van der Waals surface area contributed by atoms with Crippen LogP contribution < -0.4 is 4.90 Å². The van der Waals surface area contributed by atoms with E-state index in [-0.39, 0.29) is 6.10 Å². The molecule has 88 valence electrons. The Morgan fingerprint density at radius 1 is 1.44 bits per heavy atom. The van der Waals surface area contributed by atoms with Crippen molar-refractivity contribution in [2.24, 2.45) is 0 Å². The summed E-state index contributed by atoms with van der Waals surface area (Å²) in [6, 6.07) is 0. The topological polar surface area (TPSA) is 49.2 Å². The number of fused-ring (bicyclic) bond motifs is 1. The Hall–Kier alpha value is -1.16. The van der Waals surface area contributed by atoms with E-state index in [2.05, 4.69) is 14.9 Å². The summed E-state index contributed by atoms with van der Waals surface area (Å²) in [5.74, 6) is 1.04. The van der Waals surface area contributed by atoms with Crippen LogP contribution in [0.25, 0.3) is 0 Å². The van der Waals surface area contributed by atoms with Gasteiger partial charge < -0.3 is 10.0 Å². The van der Waals surface area contributed by atoms with Crippen LogP contribution >= 0.6 is 0 Å². The fourth-order valence-electron chi connectivity index (χ4n) is 2.16. The molecule has 0 saturated heterocycles. The molecular formula is C12H19N3O. The highest BCUT2D eigenvalue weighted by Gasteiger charge is 2.19. The molecule has 0 radical (unpaired) electrons. The van der Waals surface area contributed by atoms with E-state index >= 15 is 0 Å². The van der Waals surface area contributed by atoms with Gasteiger partial charge in [0.25, 0.3) is 0 Å². The number of nitrogens with zero attached hydrogens (tertiary/aromatic N) is 3. The lowest BCUT2D eigenvalue weighted by Gasteiger charge is -2.21. The summed E-state index contributed by atoms with van der Waals surface area (Å²) in [7, 11) is 2.03. The highest BCUT2D eigenvalue weighted by Crippen LogP contribution is 2.27. The standard InChI is InChI=1S/C12H19N3O/c1-9(16)6-7-15(2)12-10-4-3-5-11(10)13-8-14-12/h8-9,16H,3-7H2,1-2H3. The van der Waals surface area contributed by atoms with Crippen LogP contribution in [0.2, 0.25) is 0 Å². The zero-order valence-corrected chi connectivity index (χ0v) is 9.98. The Bertz CT molecular complexity index is 365. The molecule has 2 rings (SSSR count). The maximum Gasteiger partial charge on any atom is 0.135 e. The number of aromatic nitrogens is 2. The van der Waals surface area contributed by atoms with Crippen LogP contribution in [0.3, 0.4) is 0 Å². The molecule has 1 aliphatic rings. The van der Waals surface area contributed by atoms with Crippen LogP contribution in [-0.2, 0) is 12.8 Å². The Labute approximate surface area is 96.3 Å². The molecule has 1 N–H and O–H groups in total. The van der Waals surface area contributed by atoms with E-state index < -0.39 is 0 Å². The molecule has 0 fully saturated rings. The number of aliphatic hydroxyl groups is 1. The van der Waals surface area contributed by atoms with Crippen molar-refractivity contribution in [1.82, 2.24) is 9.97 Å². The Morgan fingerprint density at radius 3 is 3.00 bits per heavy atom. The minimum absolute atomic E-state index is 0.252. The van der Waals surface area contributed by atoms with Crippen molar-refractivity contribution in [2.45, 2.75) is 38.7 Å². The number of hydrogen-bond acceptors (Lipinski definition) is 4. The van der Waals surface area contributed by atoms with Gasteiger partial charge in [-0.05, 0) is 32.6 Å². The van der Waals surface area contributed by atoms with Crippen LogP contribution in [0.1, 0.15) is 31.0 Å². The number of aryl methyl sites for hydroxylation is 1. The summed E-state index contributed by atoms with van der Waals surface area (Å²) in [5.41, 5.74) is 2.50. The summed E-state index contributed by atoms with van der Waals surface area (Å²) < 4.78 is 0. The van der Waals surface area contributed by atoms with Crippen molar-refractivity contribution in [3.05, 3.63) is 17.6 Å². The number of anilines is 1. The lowest BCUT2D eigenvalue weighted by Crippen LogP contribution is -2.24. The van der Waals surface area contributed by atoms with Crippen LogP contribution in [-0.4, -0.2) is 34.8 Å². The van der Waals surface area contributed by atoms with Gasteiger partial charge in [0.15, 0.2) is 0 Å². The fraction of sp³-hybridized carbons (Fsp3) is 0.667. The summed E-state index contributed by atoms with van der Waals surface area (Å²) in [5, 5.41) is 9.28. The monoisotopic (exact) mass is 221 g/mol. The van der Waals surface area contributed by atoms with Gasteiger partial charge in [-0.1, -0.05) is 0 Å². The molecule has 1 atom stereocenters. The zero-order chi connectivity index (χ0) is 11.5. The molecule has 4 heteroatoms. The molecule has 1 heterocycles. The molecule has 0 saturated carbocycles. The van der Waals surface area contributed by atoms with Gasteiger partial charge in [0.05, 0.1) is 6.10 Å². The van der Waals surface area contributed by atoms with Gasteiger partial charge in [0, 0.05) is 24.8 Å². The van der Waals surface area contributed by atoms with E-state index in [4.69, 9.17) is 0 Å². The van der Waals surface area contributed by atoms with E-state index in [1.165, 1.54) is 17.7 Å². The Kier molecular flexibility index (Phi) is 3.39. The predicted octanol–water partition coefficient (Wildman–Crippen LogP) is 1.17. The first-order chi connectivity index (χ1) is 7.68. The molecule has 0 bridgehead atoms. The highest BCUT2D eigenvalue weighted by atomic mass is 16.3. The lowest BCUT2D eigenvalue weighted by atomic mass is 10.2. The Morgan fingerprint density at radius 2 is 2.25 bits per heavy atom. The minimum atomic E-state index is -0.252. The van der Waals surface area contributed by atoms with E-state index in [9.17, 15) is 5.11 Å². The van der Waals surface area contributed by atoms with E-state index in [0.29, 0.717) is 0 Å². The highest BCUT2D eigenvalue weighted by molar-refractivity contribution is 5.49. The Balaban J connectivity index is 2.11. The van der Waals surface area contributed by atoms with Gasteiger partial charge in [-0.25, -0.2) is 9.97 Å². The molecule has 0 aromatic carbocycles. The second-order valence-electron chi connectivity index (χ2n) is 4.54. The first-order valence-electron chi connectivity index (χ1n) is 5.90. The molecule has 0 amide bonds. The van der Waals surface area contributed by atoms with E-state index in [1.807, 2.05) is 14.0 Å². The third kappa shape index (κ3) is 2.32. The van der Waals surface area contributed by atoms with Crippen LogP contribution in [0.5, 0.6) is 0 Å². The van der Waals surface area contributed by atoms with Crippen molar-refractivity contribution in [1.29, 1.82) is 0 Å². The van der Waals surface area contributed by atoms with Gasteiger partial charge >= 0.3 is 0 Å². The SMILES string of the molecule is CC(O)CCN(C)c1ncnc2c1CCC2. The van der Waals surface area contributed by atoms with Crippen molar-refractivity contribution in [3.63, 3.8) is 0 Å². The second kappa shape index (κ2) is 4.78. The third-order valence-electron chi connectivity index (χ3n) is 3.10. The maximum absolute atomic E-state index is 9.28. The average Bonchev–Trinajstić information content (AvgIpc) is 2.73.